The van der Waals surface area contributed by atoms with Crippen molar-refractivity contribution in [2.45, 2.75) is 24.9 Å². The molecule has 0 atom stereocenters. The number of aryl methyl sites for hydroxylation is 1. The molecule has 1 amide bonds. The molecule has 33 heavy (non-hydrogen) atoms. The Morgan fingerprint density at radius 3 is 2.45 bits per heavy atom. The minimum Gasteiger partial charge on any atom is -0.403 e. The molecular weight excluding hydrogens is 470 g/mol. The molecule has 0 aliphatic rings. The minimum absolute atomic E-state index is 0.0173. The highest BCUT2D eigenvalue weighted by atomic mass is 32.2. The molecule has 0 fully saturated rings. The lowest BCUT2D eigenvalue weighted by Crippen LogP contribution is -2.21. The molecular formula is C19H15F4N5O4S. The van der Waals surface area contributed by atoms with Crippen LogP contribution in [0.1, 0.15) is 27.2 Å². The number of ether oxygens (including phenoxy) is 1. The van der Waals surface area contributed by atoms with Crippen LogP contribution >= 0.6 is 0 Å². The summed E-state index contributed by atoms with van der Waals surface area (Å²) in [4.78, 5) is 19.9. The van der Waals surface area contributed by atoms with Gasteiger partial charge in [0.2, 0.25) is 5.95 Å². The molecule has 0 aliphatic carbocycles. The van der Waals surface area contributed by atoms with Crippen LogP contribution in [0, 0.1) is 19.8 Å². The third-order valence-electron chi connectivity index (χ3n) is 4.28. The van der Waals surface area contributed by atoms with Crippen LogP contribution in [0.2, 0.25) is 0 Å². The van der Waals surface area contributed by atoms with E-state index in [1.165, 1.54) is 25.1 Å². The summed E-state index contributed by atoms with van der Waals surface area (Å²) in [5, 5.41) is 8.70. The molecule has 0 saturated carbocycles. The Kier molecular flexibility index (Phi) is 6.31. The molecule has 174 valence electrons. The zero-order chi connectivity index (χ0) is 24.6. The zero-order valence-electron chi connectivity index (χ0n) is 17.2. The van der Waals surface area contributed by atoms with Crippen molar-refractivity contribution >= 4 is 21.4 Å². The van der Waals surface area contributed by atoms with Crippen LogP contribution in [-0.4, -0.2) is 40.7 Å². The number of anilines is 1. The second-order valence-electron chi connectivity index (χ2n) is 6.83. The number of hydrogen-bond acceptors (Lipinski definition) is 8. The van der Waals surface area contributed by atoms with E-state index in [4.69, 9.17) is 4.74 Å². The molecule has 0 radical (unpaired) electrons. The Hall–Kier alpha value is -3.68. The van der Waals surface area contributed by atoms with Crippen molar-refractivity contribution in [3.63, 3.8) is 0 Å². The number of rotatable bonds is 5. The van der Waals surface area contributed by atoms with E-state index in [9.17, 15) is 30.8 Å². The second-order valence-corrected chi connectivity index (χ2v) is 8.85. The van der Waals surface area contributed by atoms with E-state index >= 15 is 0 Å². The van der Waals surface area contributed by atoms with Gasteiger partial charge < -0.3 is 10.1 Å². The van der Waals surface area contributed by atoms with Gasteiger partial charge in [-0.15, -0.1) is 10.2 Å². The van der Waals surface area contributed by atoms with Crippen molar-refractivity contribution in [2.24, 2.45) is 0 Å². The Morgan fingerprint density at radius 2 is 1.85 bits per heavy atom. The number of carbonyl (C=O) groups is 1. The standard InChI is InChI=1S/C19H15F4N5O4S/c1-9-8-24-18(26-15(9)20)32-17-13(10(2)14(27-28-17)19(21,22)23)16(29)25-11-5-4-6-12(7-11)33(3,30)31/h4-8H,1-3H3,(H,25,29). The Bertz CT molecular complexity index is 1350. The number of sulfone groups is 1. The fourth-order valence-electron chi connectivity index (χ4n) is 2.65. The van der Waals surface area contributed by atoms with Crippen molar-refractivity contribution in [1.82, 2.24) is 20.2 Å². The number of benzene rings is 1. The Labute approximate surface area is 184 Å². The first-order valence-corrected chi connectivity index (χ1v) is 10.9. The van der Waals surface area contributed by atoms with Gasteiger partial charge in [0, 0.05) is 23.7 Å². The molecule has 1 aromatic carbocycles. The summed E-state index contributed by atoms with van der Waals surface area (Å²) >= 11 is 0. The van der Waals surface area contributed by atoms with Gasteiger partial charge >= 0.3 is 12.2 Å². The second kappa shape index (κ2) is 8.69. The predicted octanol–water partition coefficient (Wildman–Crippen LogP) is 3.49. The van der Waals surface area contributed by atoms with E-state index < -0.39 is 56.6 Å². The van der Waals surface area contributed by atoms with Gasteiger partial charge in [0.1, 0.15) is 5.56 Å². The van der Waals surface area contributed by atoms with E-state index in [1.54, 1.807) is 0 Å². The van der Waals surface area contributed by atoms with Crippen LogP contribution in [0.15, 0.2) is 35.4 Å². The van der Waals surface area contributed by atoms with E-state index in [0.717, 1.165) is 25.4 Å². The average molecular weight is 485 g/mol. The maximum atomic E-state index is 13.7. The van der Waals surface area contributed by atoms with Crippen molar-refractivity contribution < 1.29 is 35.5 Å². The molecule has 3 aromatic rings. The van der Waals surface area contributed by atoms with E-state index in [1.807, 2.05) is 0 Å². The van der Waals surface area contributed by atoms with Crippen LogP contribution in [0.25, 0.3) is 0 Å². The number of nitrogens with zero attached hydrogens (tertiary/aromatic N) is 4. The molecule has 3 rings (SSSR count). The lowest BCUT2D eigenvalue weighted by molar-refractivity contribution is -0.142. The van der Waals surface area contributed by atoms with Gasteiger partial charge in [-0.2, -0.15) is 22.5 Å². The van der Waals surface area contributed by atoms with E-state index in [-0.39, 0.29) is 16.1 Å². The van der Waals surface area contributed by atoms with Gasteiger partial charge in [-0.25, -0.2) is 13.4 Å². The van der Waals surface area contributed by atoms with Gasteiger partial charge in [0.15, 0.2) is 15.5 Å². The highest BCUT2D eigenvalue weighted by molar-refractivity contribution is 7.90. The molecule has 0 spiro atoms. The quantitative estimate of drug-likeness (QED) is 0.430. The van der Waals surface area contributed by atoms with Gasteiger partial charge in [-0.1, -0.05) is 6.07 Å². The molecule has 0 bridgehead atoms. The molecule has 0 saturated heterocycles. The Balaban J connectivity index is 2.07. The lowest BCUT2D eigenvalue weighted by atomic mass is 10.1. The summed E-state index contributed by atoms with van der Waals surface area (Å²) in [7, 11) is -3.62. The van der Waals surface area contributed by atoms with Crippen molar-refractivity contribution in [1.29, 1.82) is 0 Å². The Morgan fingerprint density at radius 1 is 1.15 bits per heavy atom. The van der Waals surface area contributed by atoms with Crippen LogP contribution in [0.3, 0.4) is 0 Å². The minimum atomic E-state index is -4.94. The number of alkyl halides is 3. The SMILES string of the molecule is Cc1cnc(Oc2nnc(C(F)(F)F)c(C)c2C(=O)Nc2cccc(S(C)(=O)=O)c2)nc1F. The largest absolute Gasteiger partial charge is 0.435 e. The number of amides is 1. The van der Waals surface area contributed by atoms with E-state index in [2.05, 4.69) is 25.5 Å². The summed E-state index contributed by atoms with van der Waals surface area (Å²) in [6.45, 7) is 2.35. The topological polar surface area (TPSA) is 124 Å². The van der Waals surface area contributed by atoms with Crippen molar-refractivity contribution in [2.75, 3.05) is 11.6 Å². The van der Waals surface area contributed by atoms with Crippen LogP contribution in [0.5, 0.6) is 11.9 Å². The van der Waals surface area contributed by atoms with Gasteiger partial charge in [0.05, 0.1) is 4.90 Å². The number of halogens is 4. The fraction of sp³-hybridized carbons (Fsp3) is 0.211. The molecule has 1 N–H and O–H groups in total. The van der Waals surface area contributed by atoms with Crippen molar-refractivity contribution in [3.8, 4) is 11.9 Å². The highest BCUT2D eigenvalue weighted by Gasteiger charge is 2.38. The molecule has 14 heteroatoms. The lowest BCUT2D eigenvalue weighted by Gasteiger charge is -2.15. The average Bonchev–Trinajstić information content (AvgIpc) is 2.69. The molecule has 9 nitrogen and oxygen atoms in total. The maximum absolute atomic E-state index is 13.7. The van der Waals surface area contributed by atoms with Gasteiger partial charge in [-0.3, -0.25) is 4.79 Å². The van der Waals surface area contributed by atoms with Gasteiger partial charge in [0.25, 0.3) is 11.8 Å². The summed E-state index contributed by atoms with van der Waals surface area (Å²) in [5.41, 5.74) is -2.68. The molecule has 0 unspecified atom stereocenters. The third-order valence-corrected chi connectivity index (χ3v) is 5.39. The normalized spacial score (nSPS) is 11.8. The monoisotopic (exact) mass is 485 g/mol. The van der Waals surface area contributed by atoms with E-state index in [0.29, 0.717) is 0 Å². The number of carbonyl (C=O) groups excluding carboxylic acids is 1. The number of nitrogens with one attached hydrogen (secondary N) is 1. The van der Waals surface area contributed by atoms with Crippen LogP contribution in [0.4, 0.5) is 23.2 Å². The van der Waals surface area contributed by atoms with Crippen LogP contribution in [-0.2, 0) is 16.0 Å². The first-order valence-electron chi connectivity index (χ1n) is 9.00. The molecule has 2 heterocycles. The number of aromatic nitrogens is 4. The summed E-state index contributed by atoms with van der Waals surface area (Å²) in [6, 6.07) is 4.47. The first kappa shape index (κ1) is 24.0. The fourth-order valence-corrected chi connectivity index (χ4v) is 3.31. The van der Waals surface area contributed by atoms with Crippen LogP contribution < -0.4 is 10.1 Å². The zero-order valence-corrected chi connectivity index (χ0v) is 18.0. The summed E-state index contributed by atoms with van der Waals surface area (Å²) in [5.74, 6) is -2.76. The maximum Gasteiger partial charge on any atom is 0.435 e. The number of hydrogen-bond donors (Lipinski definition) is 1. The summed E-state index contributed by atoms with van der Waals surface area (Å²) in [6.07, 6.45) is -2.92. The summed E-state index contributed by atoms with van der Waals surface area (Å²) < 4.78 is 82.4. The molecule has 0 aliphatic heterocycles. The predicted molar refractivity (Wildman–Crippen MR) is 106 cm³/mol. The highest BCUT2D eigenvalue weighted by Crippen LogP contribution is 2.34. The third kappa shape index (κ3) is 5.39. The first-order chi connectivity index (χ1) is 15.3. The smallest absolute Gasteiger partial charge is 0.403 e. The van der Waals surface area contributed by atoms with Crippen molar-refractivity contribution in [3.05, 3.63) is 58.8 Å². The molecule has 2 aromatic heterocycles. The van der Waals surface area contributed by atoms with Gasteiger partial charge in [-0.05, 0) is 37.6 Å².